The summed E-state index contributed by atoms with van der Waals surface area (Å²) in [6.45, 7) is 0.840. The van der Waals surface area contributed by atoms with Gasteiger partial charge >= 0.3 is 0 Å². The SMILES string of the molecule is COc1ccc(C2SC=CN2Cc2cccnc2)cc1OC1CCCC1. The van der Waals surface area contributed by atoms with E-state index in [4.69, 9.17) is 9.47 Å². The molecule has 136 valence electrons. The first kappa shape index (κ1) is 17.3. The summed E-state index contributed by atoms with van der Waals surface area (Å²) < 4.78 is 11.8. The van der Waals surface area contributed by atoms with Crippen molar-refractivity contribution in [3.8, 4) is 11.5 Å². The molecule has 0 bridgehead atoms. The number of ether oxygens (including phenoxy) is 2. The first-order chi connectivity index (χ1) is 12.8. The zero-order valence-corrected chi connectivity index (χ0v) is 15.8. The van der Waals surface area contributed by atoms with Crippen molar-refractivity contribution in [2.75, 3.05) is 7.11 Å². The van der Waals surface area contributed by atoms with Gasteiger partial charge in [0.25, 0.3) is 0 Å². The standard InChI is InChI=1S/C21H24N2O2S/c1-24-19-9-8-17(13-20(19)25-18-6-2-3-7-18)21-23(11-12-26-21)15-16-5-4-10-22-14-16/h4-5,8-14,18,21H,2-3,6-7,15H2,1H3. The van der Waals surface area contributed by atoms with Crippen molar-refractivity contribution in [1.82, 2.24) is 9.88 Å². The van der Waals surface area contributed by atoms with E-state index in [1.54, 1.807) is 7.11 Å². The van der Waals surface area contributed by atoms with Crippen molar-refractivity contribution in [2.24, 2.45) is 0 Å². The van der Waals surface area contributed by atoms with Crippen molar-refractivity contribution in [2.45, 2.75) is 43.7 Å². The van der Waals surface area contributed by atoms with Gasteiger partial charge in [0.1, 0.15) is 5.37 Å². The number of hydrogen-bond acceptors (Lipinski definition) is 5. The number of rotatable bonds is 6. The fraction of sp³-hybridized carbons (Fsp3) is 0.381. The van der Waals surface area contributed by atoms with Gasteiger partial charge < -0.3 is 14.4 Å². The van der Waals surface area contributed by atoms with Crippen LogP contribution in [-0.2, 0) is 6.54 Å². The third-order valence-corrected chi connectivity index (χ3v) is 6.00. The fourth-order valence-corrected chi connectivity index (χ4v) is 4.56. The molecule has 5 heteroatoms. The van der Waals surface area contributed by atoms with Crippen LogP contribution in [0.15, 0.2) is 54.3 Å². The quantitative estimate of drug-likeness (QED) is 0.706. The predicted octanol–water partition coefficient (Wildman–Crippen LogP) is 5.13. The number of pyridine rings is 1. The van der Waals surface area contributed by atoms with Gasteiger partial charge in [-0.1, -0.05) is 12.1 Å². The first-order valence-corrected chi connectivity index (χ1v) is 10.1. The van der Waals surface area contributed by atoms with Gasteiger partial charge in [-0.3, -0.25) is 4.98 Å². The van der Waals surface area contributed by atoms with E-state index < -0.39 is 0 Å². The van der Waals surface area contributed by atoms with Crippen LogP contribution in [0.2, 0.25) is 0 Å². The maximum atomic E-state index is 6.27. The maximum absolute atomic E-state index is 6.27. The largest absolute Gasteiger partial charge is 0.493 e. The lowest BCUT2D eigenvalue weighted by Crippen LogP contribution is -2.18. The van der Waals surface area contributed by atoms with E-state index >= 15 is 0 Å². The summed E-state index contributed by atoms with van der Waals surface area (Å²) in [5, 5.41) is 2.40. The fourth-order valence-electron chi connectivity index (χ4n) is 3.58. The Morgan fingerprint density at radius 1 is 1.19 bits per heavy atom. The minimum absolute atomic E-state index is 0.243. The van der Waals surface area contributed by atoms with Gasteiger partial charge in [-0.15, -0.1) is 11.8 Å². The van der Waals surface area contributed by atoms with Crippen LogP contribution in [0.1, 0.15) is 42.2 Å². The van der Waals surface area contributed by atoms with Crippen LogP contribution in [0, 0.1) is 0 Å². The summed E-state index contributed by atoms with van der Waals surface area (Å²) in [7, 11) is 1.71. The first-order valence-electron chi connectivity index (χ1n) is 9.15. The van der Waals surface area contributed by atoms with Crippen molar-refractivity contribution >= 4 is 11.8 Å². The second-order valence-electron chi connectivity index (χ2n) is 6.74. The van der Waals surface area contributed by atoms with Crippen molar-refractivity contribution in [1.29, 1.82) is 0 Å². The zero-order valence-electron chi connectivity index (χ0n) is 15.0. The molecule has 1 aromatic carbocycles. The molecule has 26 heavy (non-hydrogen) atoms. The highest BCUT2D eigenvalue weighted by Gasteiger charge is 2.25. The molecule has 0 N–H and O–H groups in total. The van der Waals surface area contributed by atoms with E-state index in [1.165, 1.54) is 24.0 Å². The Bertz CT molecular complexity index is 760. The van der Waals surface area contributed by atoms with E-state index in [1.807, 2.05) is 36.3 Å². The third kappa shape index (κ3) is 3.83. The molecule has 2 aliphatic rings. The van der Waals surface area contributed by atoms with Crippen LogP contribution in [-0.4, -0.2) is 23.1 Å². The number of nitrogens with zero attached hydrogens (tertiary/aromatic N) is 2. The second kappa shape index (κ2) is 8.04. The number of hydrogen-bond donors (Lipinski definition) is 0. The maximum Gasteiger partial charge on any atom is 0.161 e. The predicted molar refractivity (Wildman–Crippen MR) is 105 cm³/mol. The summed E-state index contributed by atoms with van der Waals surface area (Å²) in [6, 6.07) is 10.4. The van der Waals surface area contributed by atoms with Crippen molar-refractivity contribution in [3.05, 3.63) is 65.5 Å². The lowest BCUT2D eigenvalue weighted by atomic mass is 10.1. The Hall–Kier alpha value is -2.14. The molecule has 0 spiro atoms. The summed E-state index contributed by atoms with van der Waals surface area (Å²) in [5.41, 5.74) is 2.44. The molecule has 1 fully saturated rings. The number of methoxy groups -OCH3 is 1. The third-order valence-electron chi connectivity index (χ3n) is 4.92. The monoisotopic (exact) mass is 368 g/mol. The Morgan fingerprint density at radius 2 is 2.08 bits per heavy atom. The van der Waals surface area contributed by atoms with Gasteiger partial charge in [0, 0.05) is 25.1 Å². The normalized spacial score (nSPS) is 19.9. The van der Waals surface area contributed by atoms with Crippen LogP contribution >= 0.6 is 11.8 Å². The van der Waals surface area contributed by atoms with Gasteiger partial charge in [0.05, 0.1) is 13.2 Å². The van der Waals surface area contributed by atoms with Gasteiger partial charge in [0.2, 0.25) is 0 Å². The van der Waals surface area contributed by atoms with Crippen LogP contribution in [0.5, 0.6) is 11.5 Å². The molecule has 1 aliphatic carbocycles. The molecule has 4 rings (SSSR count). The Kier molecular flexibility index (Phi) is 5.34. The van der Waals surface area contributed by atoms with E-state index in [-0.39, 0.29) is 5.37 Å². The molecular formula is C21H24N2O2S. The van der Waals surface area contributed by atoms with Crippen molar-refractivity contribution in [3.63, 3.8) is 0 Å². The topological polar surface area (TPSA) is 34.6 Å². The molecular weight excluding hydrogens is 344 g/mol. The van der Waals surface area contributed by atoms with Crippen molar-refractivity contribution < 1.29 is 9.47 Å². The van der Waals surface area contributed by atoms with E-state index in [0.29, 0.717) is 6.10 Å². The molecule has 0 saturated heterocycles. The second-order valence-corrected chi connectivity index (χ2v) is 7.73. The van der Waals surface area contributed by atoms with E-state index in [0.717, 1.165) is 30.9 Å². The van der Waals surface area contributed by atoms with Crippen LogP contribution in [0.3, 0.4) is 0 Å². The van der Waals surface area contributed by atoms with Gasteiger partial charge in [-0.2, -0.15) is 0 Å². The molecule has 2 aromatic rings. The minimum Gasteiger partial charge on any atom is -0.493 e. The number of aromatic nitrogens is 1. The Labute approximate surface area is 159 Å². The lowest BCUT2D eigenvalue weighted by molar-refractivity contribution is 0.200. The summed E-state index contributed by atoms with van der Waals surface area (Å²) in [5.74, 6) is 1.68. The molecule has 0 amide bonds. The molecule has 1 aliphatic heterocycles. The van der Waals surface area contributed by atoms with Crippen LogP contribution < -0.4 is 9.47 Å². The average molecular weight is 369 g/mol. The number of benzene rings is 1. The molecule has 4 nitrogen and oxygen atoms in total. The highest BCUT2D eigenvalue weighted by atomic mass is 32.2. The van der Waals surface area contributed by atoms with Crippen LogP contribution in [0.4, 0.5) is 0 Å². The molecule has 2 heterocycles. The van der Waals surface area contributed by atoms with Crippen LogP contribution in [0.25, 0.3) is 0 Å². The number of thioether (sulfide) groups is 1. The summed E-state index contributed by atoms with van der Waals surface area (Å²) in [4.78, 5) is 6.56. The lowest BCUT2D eigenvalue weighted by Gasteiger charge is -2.26. The summed E-state index contributed by atoms with van der Waals surface area (Å²) >= 11 is 1.82. The van der Waals surface area contributed by atoms with Gasteiger partial charge in [-0.05, 0) is 60.4 Å². The average Bonchev–Trinajstić information content (AvgIpc) is 3.35. The van der Waals surface area contributed by atoms with Gasteiger partial charge in [-0.25, -0.2) is 0 Å². The highest BCUT2D eigenvalue weighted by molar-refractivity contribution is 8.02. The van der Waals surface area contributed by atoms with E-state index in [2.05, 4.69) is 39.7 Å². The van der Waals surface area contributed by atoms with Gasteiger partial charge in [0.15, 0.2) is 11.5 Å². The molecule has 1 atom stereocenters. The summed E-state index contributed by atoms with van der Waals surface area (Å²) in [6.07, 6.45) is 11.0. The Morgan fingerprint density at radius 3 is 2.85 bits per heavy atom. The molecule has 1 aromatic heterocycles. The minimum atomic E-state index is 0.243. The van der Waals surface area contributed by atoms with E-state index in [9.17, 15) is 0 Å². The molecule has 0 radical (unpaired) electrons. The molecule has 1 unspecified atom stereocenters. The highest BCUT2D eigenvalue weighted by Crippen LogP contribution is 2.43. The zero-order chi connectivity index (χ0) is 17.8. The molecule has 1 saturated carbocycles. The smallest absolute Gasteiger partial charge is 0.161 e. The Balaban J connectivity index is 1.54.